The van der Waals surface area contributed by atoms with Crippen molar-refractivity contribution in [1.82, 2.24) is 9.13 Å². The van der Waals surface area contributed by atoms with Crippen LogP contribution in [0.25, 0.3) is 130 Å². The lowest BCUT2D eigenvalue weighted by Crippen LogP contribution is -2.10. The van der Waals surface area contributed by atoms with Gasteiger partial charge in [-0.1, -0.05) is 170 Å². The Bertz CT molecular complexity index is 4890. The summed E-state index contributed by atoms with van der Waals surface area (Å²) in [5, 5.41) is 15.2. The van der Waals surface area contributed by atoms with Crippen molar-refractivity contribution >= 4 is 125 Å². The van der Waals surface area contributed by atoms with E-state index >= 15 is 0 Å². The molecule has 16 aromatic rings. The van der Waals surface area contributed by atoms with Crippen LogP contribution in [0.5, 0.6) is 0 Å². The van der Waals surface area contributed by atoms with Gasteiger partial charge in [0.25, 0.3) is 0 Å². The van der Waals surface area contributed by atoms with Gasteiger partial charge in [-0.05, 0) is 158 Å². The van der Waals surface area contributed by atoms with E-state index in [2.05, 4.69) is 287 Å². The van der Waals surface area contributed by atoms with E-state index in [0.29, 0.717) is 0 Å². The molecule has 0 spiro atoms. The summed E-state index contributed by atoms with van der Waals surface area (Å²) in [5.74, 6) is 0. The molecule has 0 atom stereocenters. The first-order valence-electron chi connectivity index (χ1n) is 26.1. The molecule has 0 aliphatic carbocycles. The summed E-state index contributed by atoms with van der Waals surface area (Å²) in [4.78, 5) is 2.41. The summed E-state index contributed by atoms with van der Waals surface area (Å²) in [6.07, 6.45) is 0. The minimum Gasteiger partial charge on any atom is -0.310 e. The number of rotatable bonds is 7. The molecule has 0 N–H and O–H groups in total. The average Bonchev–Trinajstić information content (AvgIpc) is 4.21. The maximum atomic E-state index is 2.47. The molecule has 0 aliphatic heterocycles. The van der Waals surface area contributed by atoms with Crippen LogP contribution in [0.1, 0.15) is 0 Å². The highest BCUT2D eigenvalue weighted by Crippen LogP contribution is 2.46. The molecule has 3 aromatic heterocycles. The Balaban J connectivity index is 0.854. The van der Waals surface area contributed by atoms with Crippen molar-refractivity contribution in [2.75, 3.05) is 4.90 Å². The molecule has 16 rings (SSSR count). The van der Waals surface area contributed by atoms with Crippen LogP contribution in [0, 0.1) is 0 Å². The highest BCUT2D eigenvalue weighted by Gasteiger charge is 2.21. The minimum atomic E-state index is 1.11. The van der Waals surface area contributed by atoms with Gasteiger partial charge >= 0.3 is 0 Å². The Kier molecular flexibility index (Phi) is 9.51. The van der Waals surface area contributed by atoms with Crippen LogP contribution in [0.3, 0.4) is 0 Å². The molecule has 0 saturated heterocycles. The molecule has 0 aliphatic rings. The van der Waals surface area contributed by atoms with Crippen LogP contribution in [0.4, 0.5) is 17.1 Å². The van der Waals surface area contributed by atoms with Crippen LogP contribution in [0.15, 0.2) is 273 Å². The Hall–Kier alpha value is -9.74. The zero-order valence-electron chi connectivity index (χ0n) is 41.2. The maximum Gasteiger partial charge on any atom is 0.0554 e. The van der Waals surface area contributed by atoms with Gasteiger partial charge in [-0.15, -0.1) is 11.3 Å². The van der Waals surface area contributed by atoms with Crippen molar-refractivity contribution in [2.24, 2.45) is 0 Å². The third-order valence-corrected chi connectivity index (χ3v) is 17.0. The predicted octanol–water partition coefficient (Wildman–Crippen LogP) is 20.5. The number of benzene rings is 13. The van der Waals surface area contributed by atoms with Gasteiger partial charge in [0, 0.05) is 64.5 Å². The summed E-state index contributed by atoms with van der Waals surface area (Å²) in [6.45, 7) is 0. The largest absolute Gasteiger partial charge is 0.310 e. The highest BCUT2D eigenvalue weighted by molar-refractivity contribution is 7.26. The molecule has 4 heteroatoms. The van der Waals surface area contributed by atoms with Crippen molar-refractivity contribution in [3.8, 4) is 33.6 Å². The maximum absolute atomic E-state index is 2.47. The number of nitrogens with zero attached hydrogens (tertiary/aromatic N) is 3. The predicted molar refractivity (Wildman–Crippen MR) is 326 cm³/mol. The summed E-state index contributed by atoms with van der Waals surface area (Å²) < 4.78 is 7.45. The lowest BCUT2D eigenvalue weighted by Gasteiger charge is -2.26. The van der Waals surface area contributed by atoms with Gasteiger partial charge in [0.15, 0.2) is 0 Å². The molecule has 76 heavy (non-hydrogen) atoms. The van der Waals surface area contributed by atoms with E-state index < -0.39 is 0 Å². The number of thiophene rings is 1. The van der Waals surface area contributed by atoms with Gasteiger partial charge in [0.1, 0.15) is 0 Å². The molecule has 0 saturated carbocycles. The third-order valence-electron chi connectivity index (χ3n) is 15.9. The van der Waals surface area contributed by atoms with E-state index in [1.165, 1.54) is 124 Å². The van der Waals surface area contributed by atoms with Crippen LogP contribution in [0.2, 0.25) is 0 Å². The van der Waals surface area contributed by atoms with Crippen LogP contribution in [-0.4, -0.2) is 9.13 Å². The summed E-state index contributed by atoms with van der Waals surface area (Å²) in [7, 11) is 0. The topological polar surface area (TPSA) is 13.1 Å². The Labute approximate surface area is 442 Å². The number of anilines is 3. The molecule has 13 aromatic carbocycles. The van der Waals surface area contributed by atoms with Crippen LogP contribution in [-0.2, 0) is 0 Å². The van der Waals surface area contributed by atoms with Gasteiger partial charge in [0.05, 0.1) is 27.8 Å². The molecular formula is C72H45N3S. The molecule has 0 amide bonds. The van der Waals surface area contributed by atoms with Crippen molar-refractivity contribution in [2.45, 2.75) is 0 Å². The number of hydrogen-bond donors (Lipinski definition) is 0. The van der Waals surface area contributed by atoms with Gasteiger partial charge in [0.2, 0.25) is 0 Å². The average molecular weight is 984 g/mol. The number of fused-ring (bicyclic) bond motifs is 15. The Morgan fingerprint density at radius 3 is 1.30 bits per heavy atom. The first kappa shape index (κ1) is 42.7. The second-order valence-electron chi connectivity index (χ2n) is 20.0. The first-order chi connectivity index (χ1) is 37.7. The van der Waals surface area contributed by atoms with E-state index in [9.17, 15) is 0 Å². The van der Waals surface area contributed by atoms with Crippen LogP contribution >= 0.6 is 11.3 Å². The fourth-order valence-electron chi connectivity index (χ4n) is 12.4. The normalized spacial score (nSPS) is 11.9. The Morgan fingerprint density at radius 2 is 0.684 bits per heavy atom. The second-order valence-corrected chi connectivity index (χ2v) is 21.1. The lowest BCUT2D eigenvalue weighted by atomic mass is 9.94. The van der Waals surface area contributed by atoms with Gasteiger partial charge in [-0.25, -0.2) is 0 Å². The fraction of sp³-hybridized carbons (Fsp3) is 0. The number of para-hydroxylation sites is 3. The first-order valence-corrected chi connectivity index (χ1v) is 26.9. The highest BCUT2D eigenvalue weighted by atomic mass is 32.1. The smallest absolute Gasteiger partial charge is 0.0554 e. The summed E-state index contributed by atoms with van der Waals surface area (Å²) >= 11 is 1.86. The summed E-state index contributed by atoms with van der Waals surface area (Å²) in [5.41, 5.74) is 15.2. The van der Waals surface area contributed by atoms with Crippen molar-refractivity contribution in [3.63, 3.8) is 0 Å². The molecular weight excluding hydrogens is 939 g/mol. The number of hydrogen-bond acceptors (Lipinski definition) is 2. The molecule has 0 bridgehead atoms. The quantitative estimate of drug-likeness (QED) is 0.145. The molecule has 0 radical (unpaired) electrons. The molecule has 0 unspecified atom stereocenters. The standard InChI is InChI=1S/C72H45N3S/c1-2-15-50(16-3-1)73(69-26-14-28-71-72(69)61-23-10-13-27-70(61)76-71)51-35-29-46(30-36-51)48-33-41-67-63(43-48)64-44-49(47-31-37-52(38-32-47)74-65-24-11-8-21-59(65)60-22-9-12-25-66(60)74)34-42-68(64)75(67)53-39-40-58-56-19-5-4-17-54(56)55-18-6-7-20-57(55)62(58)45-53/h1-45H. The SMILES string of the molecule is c1ccc(N(c2ccc(-c3ccc4c(c3)c3cc(-c5ccc(-n6c7ccccc7c7ccccc76)cc5)ccc3n4-c3ccc4c5ccccc5c5ccccc5c4c3)cc2)c2cccc3sc4ccccc4c23)cc1. The Morgan fingerprint density at radius 1 is 0.250 bits per heavy atom. The molecule has 3 heterocycles. The second kappa shape index (κ2) is 16.9. The van der Waals surface area contributed by atoms with Gasteiger partial charge < -0.3 is 14.0 Å². The monoisotopic (exact) mass is 983 g/mol. The van der Waals surface area contributed by atoms with E-state index in [0.717, 1.165) is 22.7 Å². The fourth-order valence-corrected chi connectivity index (χ4v) is 13.6. The zero-order chi connectivity index (χ0) is 49.8. The van der Waals surface area contributed by atoms with E-state index in [4.69, 9.17) is 0 Å². The zero-order valence-corrected chi connectivity index (χ0v) is 42.0. The summed E-state index contributed by atoms with van der Waals surface area (Å²) in [6, 6.07) is 101. The van der Waals surface area contributed by atoms with Crippen molar-refractivity contribution in [3.05, 3.63) is 273 Å². The lowest BCUT2D eigenvalue weighted by molar-refractivity contribution is 1.18. The molecule has 0 fully saturated rings. The van der Waals surface area contributed by atoms with E-state index in [1.54, 1.807) is 0 Å². The van der Waals surface area contributed by atoms with Crippen molar-refractivity contribution in [1.29, 1.82) is 0 Å². The van der Waals surface area contributed by atoms with Crippen LogP contribution < -0.4 is 4.90 Å². The van der Waals surface area contributed by atoms with E-state index in [1.807, 2.05) is 11.3 Å². The van der Waals surface area contributed by atoms with Gasteiger partial charge in [-0.2, -0.15) is 0 Å². The number of aromatic nitrogens is 2. The van der Waals surface area contributed by atoms with E-state index in [-0.39, 0.29) is 0 Å². The third kappa shape index (κ3) is 6.54. The molecule has 3 nitrogen and oxygen atoms in total. The molecule has 354 valence electrons. The minimum absolute atomic E-state index is 1.11. The van der Waals surface area contributed by atoms with Crippen molar-refractivity contribution < 1.29 is 0 Å². The van der Waals surface area contributed by atoms with Gasteiger partial charge in [-0.3, -0.25) is 0 Å².